The molecule has 5 rings (SSSR count). The van der Waals surface area contributed by atoms with Crippen LogP contribution in [0.4, 0.5) is 11.6 Å². The number of anilines is 2. The molecule has 0 radical (unpaired) electrons. The van der Waals surface area contributed by atoms with Crippen molar-refractivity contribution in [2.45, 2.75) is 18.3 Å². The lowest BCUT2D eigenvalue weighted by atomic mass is 9.94. The Morgan fingerprint density at radius 2 is 1.81 bits per heavy atom. The number of carboxylic acids is 1. The number of benzene rings is 1. The number of rotatable bonds is 6. The summed E-state index contributed by atoms with van der Waals surface area (Å²) < 4.78 is 1.70. The third-order valence-electron chi connectivity index (χ3n) is 5.76. The zero-order valence-electron chi connectivity index (χ0n) is 17.2. The van der Waals surface area contributed by atoms with Crippen molar-refractivity contribution in [2.24, 2.45) is 7.05 Å². The average Bonchev–Trinajstić information content (AvgIpc) is 3.54. The fourth-order valence-corrected chi connectivity index (χ4v) is 3.90. The van der Waals surface area contributed by atoms with Crippen LogP contribution in [0.15, 0.2) is 61.2 Å². The summed E-state index contributed by atoms with van der Waals surface area (Å²) >= 11 is 5.93. The number of pyridine rings is 1. The van der Waals surface area contributed by atoms with E-state index in [1.165, 1.54) is 6.20 Å². The van der Waals surface area contributed by atoms with E-state index in [0.717, 1.165) is 33.8 Å². The van der Waals surface area contributed by atoms with Crippen LogP contribution in [0.1, 0.15) is 18.4 Å². The van der Waals surface area contributed by atoms with Gasteiger partial charge in [0, 0.05) is 18.8 Å². The largest absolute Gasteiger partial charge is 0.481 e. The van der Waals surface area contributed by atoms with Crippen LogP contribution in [0, 0.1) is 0 Å². The molecule has 0 amide bonds. The second kappa shape index (κ2) is 7.72. The third kappa shape index (κ3) is 3.58. The number of hydrogen-bond donors (Lipinski definition) is 2. The zero-order valence-corrected chi connectivity index (χ0v) is 17.9. The molecule has 8 nitrogen and oxygen atoms in total. The van der Waals surface area contributed by atoms with Gasteiger partial charge in [-0.25, -0.2) is 4.98 Å². The fraction of sp³-hybridized carbons (Fsp3) is 0.174. The van der Waals surface area contributed by atoms with Gasteiger partial charge in [0.1, 0.15) is 11.0 Å². The molecule has 2 N–H and O–H groups in total. The zero-order chi connectivity index (χ0) is 22.3. The van der Waals surface area contributed by atoms with Crippen molar-refractivity contribution in [3.05, 3.63) is 71.9 Å². The number of nitrogens with zero attached hydrogens (tertiary/aromatic N) is 5. The van der Waals surface area contributed by atoms with E-state index in [-0.39, 0.29) is 0 Å². The fourth-order valence-electron chi connectivity index (χ4n) is 3.75. The monoisotopic (exact) mass is 446 g/mol. The van der Waals surface area contributed by atoms with Gasteiger partial charge in [0.15, 0.2) is 5.82 Å². The highest BCUT2D eigenvalue weighted by Gasteiger charge is 2.51. The Morgan fingerprint density at radius 3 is 2.44 bits per heavy atom. The molecule has 9 heteroatoms. The molecule has 1 aliphatic rings. The molecule has 1 saturated carbocycles. The van der Waals surface area contributed by atoms with Crippen molar-refractivity contribution in [1.29, 1.82) is 0 Å². The van der Waals surface area contributed by atoms with Crippen molar-refractivity contribution in [2.75, 3.05) is 5.32 Å². The van der Waals surface area contributed by atoms with E-state index in [1.807, 2.05) is 43.4 Å². The molecule has 1 fully saturated rings. The second-order valence-electron chi connectivity index (χ2n) is 7.78. The highest BCUT2D eigenvalue weighted by atomic mass is 35.5. The summed E-state index contributed by atoms with van der Waals surface area (Å²) in [6.07, 6.45) is 7.97. The van der Waals surface area contributed by atoms with E-state index < -0.39 is 11.4 Å². The standard InChI is InChI=1S/C23H19ClN6O2/c1-30-21(29-20-13-25-12-19(24)28-20)17(11-27-30)18-7-4-15(10-26-18)14-2-5-16(6-3-14)23(8-9-23)22(31)32/h2-7,10-13H,8-9H2,1H3,(H,28,29)(H,31,32). The maximum absolute atomic E-state index is 11.5. The third-order valence-corrected chi connectivity index (χ3v) is 5.94. The summed E-state index contributed by atoms with van der Waals surface area (Å²) in [7, 11) is 1.82. The van der Waals surface area contributed by atoms with Crippen LogP contribution in [0.3, 0.4) is 0 Å². The molecular weight excluding hydrogens is 428 g/mol. The Morgan fingerprint density at radius 1 is 1.06 bits per heavy atom. The van der Waals surface area contributed by atoms with Gasteiger partial charge in [-0.2, -0.15) is 5.10 Å². The lowest BCUT2D eigenvalue weighted by Gasteiger charge is -2.11. The molecule has 0 bridgehead atoms. The minimum Gasteiger partial charge on any atom is -0.481 e. The molecule has 0 atom stereocenters. The van der Waals surface area contributed by atoms with Crippen molar-refractivity contribution >= 4 is 29.2 Å². The Balaban J connectivity index is 1.39. The van der Waals surface area contributed by atoms with Crippen molar-refractivity contribution < 1.29 is 9.90 Å². The van der Waals surface area contributed by atoms with Gasteiger partial charge in [-0.05, 0) is 30.0 Å². The number of hydrogen-bond acceptors (Lipinski definition) is 6. The first-order valence-electron chi connectivity index (χ1n) is 10.0. The first-order valence-corrected chi connectivity index (χ1v) is 10.4. The molecular formula is C23H19ClN6O2. The van der Waals surface area contributed by atoms with E-state index >= 15 is 0 Å². The highest BCUT2D eigenvalue weighted by molar-refractivity contribution is 6.29. The maximum atomic E-state index is 11.5. The summed E-state index contributed by atoms with van der Waals surface area (Å²) in [5.41, 5.74) is 3.64. The summed E-state index contributed by atoms with van der Waals surface area (Å²) in [6, 6.07) is 11.6. The topological polar surface area (TPSA) is 106 Å². The molecule has 1 aliphatic carbocycles. The Labute approximate surface area is 188 Å². The molecule has 1 aromatic carbocycles. The first-order chi connectivity index (χ1) is 15.5. The van der Waals surface area contributed by atoms with Crippen molar-refractivity contribution in [3.63, 3.8) is 0 Å². The number of halogens is 1. The Bertz CT molecular complexity index is 1300. The van der Waals surface area contributed by atoms with Crippen LogP contribution >= 0.6 is 11.6 Å². The minimum atomic E-state index is -0.749. The first kappa shape index (κ1) is 20.1. The molecule has 4 aromatic rings. The average molecular weight is 447 g/mol. The van der Waals surface area contributed by atoms with Crippen molar-refractivity contribution in [1.82, 2.24) is 24.7 Å². The van der Waals surface area contributed by atoms with Crippen LogP contribution < -0.4 is 5.32 Å². The van der Waals surface area contributed by atoms with Gasteiger partial charge in [-0.1, -0.05) is 41.9 Å². The quantitative estimate of drug-likeness (QED) is 0.450. The van der Waals surface area contributed by atoms with E-state index in [2.05, 4.69) is 25.4 Å². The summed E-state index contributed by atoms with van der Waals surface area (Å²) in [5, 5.41) is 17.3. The van der Waals surface area contributed by atoms with E-state index in [4.69, 9.17) is 11.6 Å². The molecule has 160 valence electrons. The smallest absolute Gasteiger partial charge is 0.314 e. The van der Waals surface area contributed by atoms with Gasteiger partial charge in [0.25, 0.3) is 0 Å². The number of carbonyl (C=O) groups is 1. The van der Waals surface area contributed by atoms with Gasteiger partial charge in [0.2, 0.25) is 0 Å². The Kier molecular flexibility index (Phi) is 4.86. The molecule has 32 heavy (non-hydrogen) atoms. The molecule has 3 aromatic heterocycles. The molecule has 0 unspecified atom stereocenters. The summed E-state index contributed by atoms with van der Waals surface area (Å²) in [4.78, 5) is 24.4. The molecule has 0 spiro atoms. The van der Waals surface area contributed by atoms with E-state index in [0.29, 0.717) is 23.8 Å². The van der Waals surface area contributed by atoms with E-state index in [9.17, 15) is 9.90 Å². The van der Waals surface area contributed by atoms with Crippen LogP contribution in [0.5, 0.6) is 0 Å². The van der Waals surface area contributed by atoms with Crippen LogP contribution in [-0.4, -0.2) is 35.8 Å². The number of aromatic nitrogens is 5. The predicted molar refractivity (Wildman–Crippen MR) is 121 cm³/mol. The lowest BCUT2D eigenvalue weighted by Crippen LogP contribution is -2.19. The molecule has 0 saturated heterocycles. The number of aryl methyl sites for hydroxylation is 1. The summed E-state index contributed by atoms with van der Waals surface area (Å²) in [6.45, 7) is 0. The number of aliphatic carboxylic acids is 1. The van der Waals surface area contributed by atoms with Crippen molar-refractivity contribution in [3.8, 4) is 22.4 Å². The predicted octanol–water partition coefficient (Wildman–Crippen LogP) is 4.45. The van der Waals surface area contributed by atoms with Crippen LogP contribution in [-0.2, 0) is 17.3 Å². The SMILES string of the molecule is Cn1ncc(-c2ccc(-c3ccc(C4(C(=O)O)CC4)cc3)cn2)c1Nc1cncc(Cl)n1. The van der Waals surface area contributed by atoms with Gasteiger partial charge in [-0.3, -0.25) is 19.4 Å². The summed E-state index contributed by atoms with van der Waals surface area (Å²) in [5.74, 6) is 0.476. The lowest BCUT2D eigenvalue weighted by molar-refractivity contribution is -0.140. The van der Waals surface area contributed by atoms with Crippen LogP contribution in [0.2, 0.25) is 5.15 Å². The number of carboxylic acid groups (broad SMARTS) is 1. The minimum absolute atomic E-state index is 0.295. The van der Waals surface area contributed by atoms with Crippen LogP contribution in [0.25, 0.3) is 22.4 Å². The van der Waals surface area contributed by atoms with Gasteiger partial charge in [-0.15, -0.1) is 0 Å². The maximum Gasteiger partial charge on any atom is 0.314 e. The normalized spacial score (nSPS) is 14.2. The molecule has 0 aliphatic heterocycles. The van der Waals surface area contributed by atoms with E-state index in [1.54, 1.807) is 23.3 Å². The Hall–Kier alpha value is -3.78. The van der Waals surface area contributed by atoms with Gasteiger partial charge in [0.05, 0.1) is 35.3 Å². The second-order valence-corrected chi connectivity index (χ2v) is 8.17. The van der Waals surface area contributed by atoms with Gasteiger partial charge >= 0.3 is 5.97 Å². The number of nitrogens with one attached hydrogen (secondary N) is 1. The van der Waals surface area contributed by atoms with Gasteiger partial charge < -0.3 is 10.4 Å². The molecule has 3 heterocycles. The highest BCUT2D eigenvalue weighted by Crippen LogP contribution is 2.48.